The summed E-state index contributed by atoms with van der Waals surface area (Å²) < 4.78 is 10.2. The van der Waals surface area contributed by atoms with Crippen molar-refractivity contribution in [2.75, 3.05) is 25.7 Å². The minimum absolute atomic E-state index is 0.455. The van der Waals surface area contributed by atoms with E-state index in [-0.39, 0.29) is 0 Å². The van der Waals surface area contributed by atoms with E-state index < -0.39 is 0 Å². The van der Waals surface area contributed by atoms with Crippen LogP contribution in [0.25, 0.3) is 0 Å². The van der Waals surface area contributed by atoms with Gasteiger partial charge in [0.1, 0.15) is 0 Å². The number of nitrogens with two attached hydrogens (primary N) is 1. The molecule has 0 saturated heterocycles. The summed E-state index contributed by atoms with van der Waals surface area (Å²) in [6.45, 7) is 1.22. The van der Waals surface area contributed by atoms with E-state index in [0.29, 0.717) is 24.9 Å². The highest BCUT2D eigenvalue weighted by Gasteiger charge is 1.97. The highest BCUT2D eigenvalue weighted by atomic mass is 16.5. The number of anilines is 1. The maximum atomic E-state index is 5.30. The Morgan fingerprint density at radius 3 is 3.00 bits per heavy atom. The summed E-state index contributed by atoms with van der Waals surface area (Å²) in [5.74, 6) is 6.10. The van der Waals surface area contributed by atoms with Gasteiger partial charge in [-0.25, -0.2) is 5.84 Å². The predicted octanol–water partition coefficient (Wildman–Crippen LogP) is 0.177. The van der Waals surface area contributed by atoms with Crippen LogP contribution in [-0.2, 0) is 4.74 Å². The Hall–Kier alpha value is -1.40. The lowest BCUT2D eigenvalue weighted by Gasteiger charge is -2.05. The summed E-state index contributed by atoms with van der Waals surface area (Å²) in [7, 11) is 1.65. The van der Waals surface area contributed by atoms with Crippen molar-refractivity contribution in [2.45, 2.75) is 6.42 Å². The number of ether oxygens (including phenoxy) is 2. The normalized spacial score (nSPS) is 9.86. The number of hydrogen-bond acceptors (Lipinski definition) is 6. The molecule has 14 heavy (non-hydrogen) atoms. The van der Waals surface area contributed by atoms with Crippen LogP contribution in [0, 0.1) is 0 Å². The zero-order chi connectivity index (χ0) is 10.2. The number of aromatic nitrogens is 2. The van der Waals surface area contributed by atoms with Crippen molar-refractivity contribution < 1.29 is 9.47 Å². The Labute approximate surface area is 82.4 Å². The first kappa shape index (κ1) is 10.7. The lowest BCUT2D eigenvalue weighted by molar-refractivity contribution is 0.170. The smallest absolute Gasteiger partial charge is 0.234 e. The molecule has 3 N–H and O–H groups in total. The average Bonchev–Trinajstić information content (AvgIpc) is 2.25. The van der Waals surface area contributed by atoms with Gasteiger partial charge in [-0.2, -0.15) is 4.98 Å². The highest BCUT2D eigenvalue weighted by molar-refractivity contribution is 5.31. The second kappa shape index (κ2) is 6.11. The number of methoxy groups -OCH3 is 1. The van der Waals surface area contributed by atoms with Crippen LogP contribution >= 0.6 is 0 Å². The van der Waals surface area contributed by atoms with Crippen molar-refractivity contribution in [3.63, 3.8) is 0 Å². The zero-order valence-corrected chi connectivity index (χ0v) is 8.06. The van der Waals surface area contributed by atoms with Crippen LogP contribution in [0.15, 0.2) is 12.4 Å². The Bertz CT molecular complexity index is 269. The van der Waals surface area contributed by atoms with E-state index in [0.717, 1.165) is 6.42 Å². The van der Waals surface area contributed by atoms with Crippen molar-refractivity contribution in [3.8, 4) is 5.88 Å². The second-order valence-corrected chi connectivity index (χ2v) is 2.58. The topological polar surface area (TPSA) is 82.3 Å². The van der Waals surface area contributed by atoms with E-state index in [2.05, 4.69) is 15.4 Å². The molecule has 1 rings (SSSR count). The van der Waals surface area contributed by atoms with Crippen LogP contribution in [0.4, 0.5) is 5.82 Å². The first-order chi connectivity index (χ1) is 6.86. The standard InChI is InChI=1S/C8H14N4O2/c1-13-3-2-4-14-8-6-10-5-7(11-8)12-9/h5-6H,2-4,9H2,1H3,(H,11,12). The highest BCUT2D eigenvalue weighted by Crippen LogP contribution is 2.07. The molecule has 0 spiro atoms. The molecular weight excluding hydrogens is 184 g/mol. The van der Waals surface area contributed by atoms with Gasteiger partial charge in [0.15, 0.2) is 5.82 Å². The molecule has 1 heterocycles. The van der Waals surface area contributed by atoms with Crippen molar-refractivity contribution in [3.05, 3.63) is 12.4 Å². The largest absolute Gasteiger partial charge is 0.476 e. The second-order valence-electron chi connectivity index (χ2n) is 2.58. The predicted molar refractivity (Wildman–Crippen MR) is 51.8 cm³/mol. The van der Waals surface area contributed by atoms with Gasteiger partial charge in [0.2, 0.25) is 5.88 Å². The summed E-state index contributed by atoms with van der Waals surface area (Å²) >= 11 is 0. The maximum Gasteiger partial charge on any atom is 0.234 e. The van der Waals surface area contributed by atoms with Gasteiger partial charge in [-0.1, -0.05) is 0 Å². The summed E-state index contributed by atoms with van der Waals surface area (Å²) in [4.78, 5) is 7.92. The molecule has 0 fully saturated rings. The molecule has 78 valence electrons. The molecular formula is C8H14N4O2. The number of rotatable bonds is 6. The molecule has 0 aromatic carbocycles. The summed E-state index contributed by atoms with van der Waals surface area (Å²) in [5.41, 5.74) is 2.39. The van der Waals surface area contributed by atoms with E-state index in [4.69, 9.17) is 15.3 Å². The lowest BCUT2D eigenvalue weighted by atomic mass is 10.5. The first-order valence-corrected chi connectivity index (χ1v) is 4.27. The third-order valence-electron chi connectivity index (χ3n) is 1.50. The van der Waals surface area contributed by atoms with Crippen LogP contribution in [0.1, 0.15) is 6.42 Å². The van der Waals surface area contributed by atoms with E-state index in [1.165, 1.54) is 12.4 Å². The Balaban J connectivity index is 2.34. The molecule has 6 heteroatoms. The molecule has 0 amide bonds. The van der Waals surface area contributed by atoms with Gasteiger partial charge in [-0.3, -0.25) is 4.98 Å². The van der Waals surface area contributed by atoms with Crippen LogP contribution in [0.5, 0.6) is 5.88 Å². The molecule has 1 aromatic rings. The van der Waals surface area contributed by atoms with Gasteiger partial charge in [0.25, 0.3) is 0 Å². The quantitative estimate of drug-likeness (QED) is 0.385. The molecule has 0 unspecified atom stereocenters. The Morgan fingerprint density at radius 2 is 2.29 bits per heavy atom. The van der Waals surface area contributed by atoms with Crippen LogP contribution < -0.4 is 16.0 Å². The Kier molecular flexibility index (Phi) is 4.66. The number of nitrogen functional groups attached to an aromatic ring is 1. The molecule has 0 bridgehead atoms. The number of nitrogens with one attached hydrogen (secondary N) is 1. The first-order valence-electron chi connectivity index (χ1n) is 4.27. The third-order valence-corrected chi connectivity index (χ3v) is 1.50. The van der Waals surface area contributed by atoms with Crippen LogP contribution in [-0.4, -0.2) is 30.3 Å². The summed E-state index contributed by atoms with van der Waals surface area (Å²) in [5, 5.41) is 0. The average molecular weight is 198 g/mol. The maximum absolute atomic E-state index is 5.30. The van der Waals surface area contributed by atoms with E-state index >= 15 is 0 Å². The third kappa shape index (κ3) is 3.55. The molecule has 0 saturated carbocycles. The lowest BCUT2D eigenvalue weighted by Crippen LogP contribution is -2.10. The number of hydrazine groups is 1. The fraction of sp³-hybridized carbons (Fsp3) is 0.500. The number of hydrogen-bond donors (Lipinski definition) is 2. The van der Waals surface area contributed by atoms with E-state index in [9.17, 15) is 0 Å². The van der Waals surface area contributed by atoms with Crippen LogP contribution in [0.3, 0.4) is 0 Å². The molecule has 1 aromatic heterocycles. The molecule has 6 nitrogen and oxygen atoms in total. The van der Waals surface area contributed by atoms with Gasteiger partial charge in [0, 0.05) is 20.1 Å². The summed E-state index contributed by atoms with van der Waals surface area (Å²) in [6.07, 6.45) is 3.87. The molecule has 0 aliphatic heterocycles. The number of nitrogens with zero attached hydrogens (tertiary/aromatic N) is 2. The van der Waals surface area contributed by atoms with Crippen molar-refractivity contribution in [1.82, 2.24) is 9.97 Å². The van der Waals surface area contributed by atoms with Crippen molar-refractivity contribution in [2.24, 2.45) is 5.84 Å². The van der Waals surface area contributed by atoms with E-state index in [1.807, 2.05) is 0 Å². The van der Waals surface area contributed by atoms with Crippen LogP contribution in [0.2, 0.25) is 0 Å². The van der Waals surface area contributed by atoms with Gasteiger partial charge < -0.3 is 14.9 Å². The summed E-state index contributed by atoms with van der Waals surface area (Å²) in [6, 6.07) is 0. The molecule has 0 aliphatic carbocycles. The van der Waals surface area contributed by atoms with Gasteiger partial charge >= 0.3 is 0 Å². The van der Waals surface area contributed by atoms with Crippen molar-refractivity contribution in [1.29, 1.82) is 0 Å². The molecule has 0 atom stereocenters. The zero-order valence-electron chi connectivity index (χ0n) is 8.06. The minimum atomic E-state index is 0.455. The molecule has 0 aliphatic rings. The fourth-order valence-corrected chi connectivity index (χ4v) is 0.867. The van der Waals surface area contributed by atoms with E-state index in [1.54, 1.807) is 7.11 Å². The Morgan fingerprint density at radius 1 is 1.43 bits per heavy atom. The molecule has 0 radical (unpaired) electrons. The van der Waals surface area contributed by atoms with Gasteiger partial charge in [-0.05, 0) is 0 Å². The monoisotopic (exact) mass is 198 g/mol. The van der Waals surface area contributed by atoms with Gasteiger partial charge in [0.05, 0.1) is 19.0 Å². The minimum Gasteiger partial charge on any atom is -0.476 e. The fourth-order valence-electron chi connectivity index (χ4n) is 0.867. The SMILES string of the molecule is COCCCOc1cncc(NN)n1. The van der Waals surface area contributed by atoms with Gasteiger partial charge in [-0.15, -0.1) is 0 Å². The van der Waals surface area contributed by atoms with Crippen molar-refractivity contribution >= 4 is 5.82 Å².